The highest BCUT2D eigenvalue weighted by molar-refractivity contribution is 7.99. The van der Waals surface area contributed by atoms with Gasteiger partial charge in [-0.15, -0.1) is 11.8 Å². The van der Waals surface area contributed by atoms with Crippen LogP contribution in [0.2, 0.25) is 5.02 Å². The topological polar surface area (TPSA) is 61.3 Å². The summed E-state index contributed by atoms with van der Waals surface area (Å²) in [6.45, 7) is 9.50. The molecule has 3 rings (SSSR count). The van der Waals surface area contributed by atoms with Crippen LogP contribution in [0.25, 0.3) is 11.4 Å². The molecule has 3 aromatic rings. The van der Waals surface area contributed by atoms with Gasteiger partial charge in [-0.05, 0) is 93.7 Å². The minimum absolute atomic E-state index is 0.329. The van der Waals surface area contributed by atoms with Crippen LogP contribution in [0, 0.1) is 13.8 Å². The molecule has 8 heteroatoms. The predicted molar refractivity (Wildman–Crippen MR) is 132 cm³/mol. The van der Waals surface area contributed by atoms with Gasteiger partial charge in [0, 0.05) is 27.7 Å². The molecule has 0 aliphatic heterocycles. The van der Waals surface area contributed by atoms with E-state index in [2.05, 4.69) is 15.4 Å². The molecule has 0 aliphatic carbocycles. The molecular formula is C24H27ClN2O3S2. The summed E-state index contributed by atoms with van der Waals surface area (Å²) in [5.74, 6) is 1.95. The molecule has 5 nitrogen and oxygen atoms in total. The number of halogens is 1. The fourth-order valence-corrected chi connectivity index (χ4v) is 4.82. The number of benzene rings is 2. The number of nitrogens with zero attached hydrogens (tertiary/aromatic N) is 2. The number of ether oxygens (including phenoxy) is 2. The minimum atomic E-state index is -1.03. The van der Waals surface area contributed by atoms with Gasteiger partial charge in [0.25, 0.3) is 0 Å². The van der Waals surface area contributed by atoms with E-state index in [1.807, 2.05) is 44.2 Å². The van der Waals surface area contributed by atoms with E-state index >= 15 is 0 Å². The summed E-state index contributed by atoms with van der Waals surface area (Å²) < 4.78 is 15.5. The van der Waals surface area contributed by atoms with Crippen LogP contribution >= 0.6 is 34.9 Å². The Hall–Kier alpha value is -2.09. The molecule has 0 unspecified atom stereocenters. The van der Waals surface area contributed by atoms with Crippen LogP contribution < -0.4 is 4.74 Å². The van der Waals surface area contributed by atoms with Crippen LogP contribution in [0.15, 0.2) is 41.3 Å². The number of carbonyl (C=O) groups is 1. The van der Waals surface area contributed by atoms with Crippen molar-refractivity contribution in [2.45, 2.75) is 51.5 Å². The zero-order valence-electron chi connectivity index (χ0n) is 18.9. The Morgan fingerprint density at radius 3 is 2.62 bits per heavy atom. The lowest BCUT2D eigenvalue weighted by atomic mass is 10.1. The Kier molecular flexibility index (Phi) is 8.20. The van der Waals surface area contributed by atoms with Gasteiger partial charge in [0.1, 0.15) is 10.8 Å². The van der Waals surface area contributed by atoms with E-state index < -0.39 is 5.60 Å². The molecule has 0 saturated carbocycles. The molecule has 1 aromatic heterocycles. The van der Waals surface area contributed by atoms with Crippen LogP contribution in [0.1, 0.15) is 36.9 Å². The molecule has 0 bridgehead atoms. The van der Waals surface area contributed by atoms with Crippen LogP contribution in [0.4, 0.5) is 0 Å². The average molecular weight is 491 g/mol. The second-order valence-electron chi connectivity index (χ2n) is 7.83. The first-order chi connectivity index (χ1) is 15.2. The van der Waals surface area contributed by atoms with Crippen LogP contribution in [0.3, 0.4) is 0 Å². The molecule has 32 heavy (non-hydrogen) atoms. The fourth-order valence-electron chi connectivity index (χ4n) is 2.96. The summed E-state index contributed by atoms with van der Waals surface area (Å²) in [7, 11) is 0. The summed E-state index contributed by atoms with van der Waals surface area (Å²) in [4.78, 5) is 17.9. The molecule has 0 atom stereocenters. The van der Waals surface area contributed by atoms with Crippen molar-refractivity contribution in [1.82, 2.24) is 9.36 Å². The number of thioether (sulfide) groups is 1. The zero-order valence-corrected chi connectivity index (χ0v) is 21.3. The van der Waals surface area contributed by atoms with Gasteiger partial charge in [-0.25, -0.2) is 9.78 Å². The maximum Gasteiger partial charge on any atom is 0.349 e. The monoisotopic (exact) mass is 490 g/mol. The first-order valence-electron chi connectivity index (χ1n) is 10.4. The van der Waals surface area contributed by atoms with Gasteiger partial charge in [-0.1, -0.05) is 11.6 Å². The van der Waals surface area contributed by atoms with Crippen molar-refractivity contribution >= 4 is 40.9 Å². The molecule has 2 aromatic carbocycles. The fraction of sp³-hybridized carbons (Fsp3) is 0.375. The van der Waals surface area contributed by atoms with Gasteiger partial charge in [0.2, 0.25) is 0 Å². The first-order valence-corrected chi connectivity index (χ1v) is 12.5. The van der Waals surface area contributed by atoms with Gasteiger partial charge < -0.3 is 9.47 Å². The molecule has 0 spiro atoms. The molecule has 0 fully saturated rings. The van der Waals surface area contributed by atoms with E-state index in [0.29, 0.717) is 12.4 Å². The number of hydrogen-bond acceptors (Lipinski definition) is 7. The van der Waals surface area contributed by atoms with Crippen molar-refractivity contribution < 1.29 is 14.3 Å². The van der Waals surface area contributed by atoms with E-state index in [1.165, 1.54) is 11.5 Å². The quantitative estimate of drug-likeness (QED) is 0.251. The number of esters is 1. The SMILES string of the molecule is CCOC(=O)C(C)(C)Oc1ccc(SCCc2nc(-c3ccc(Cl)c(C)c3)ns2)cc1C. The second-order valence-corrected chi connectivity index (χ2v) is 10.2. The number of aromatic nitrogens is 2. The third-order valence-electron chi connectivity index (χ3n) is 4.75. The van der Waals surface area contributed by atoms with Gasteiger partial charge in [0.15, 0.2) is 11.4 Å². The summed E-state index contributed by atoms with van der Waals surface area (Å²) in [5.41, 5.74) is 1.94. The molecular weight excluding hydrogens is 464 g/mol. The molecule has 0 aliphatic rings. The average Bonchev–Trinajstić information content (AvgIpc) is 3.21. The van der Waals surface area contributed by atoms with E-state index in [0.717, 1.165) is 49.6 Å². The Morgan fingerprint density at radius 1 is 1.16 bits per heavy atom. The lowest BCUT2D eigenvalue weighted by molar-refractivity contribution is -0.158. The Balaban J connectivity index is 1.56. The number of carbonyl (C=O) groups excluding carboxylic acids is 1. The molecule has 0 amide bonds. The third-order valence-corrected chi connectivity index (χ3v) is 6.94. The zero-order chi connectivity index (χ0) is 23.3. The molecule has 170 valence electrons. The first kappa shape index (κ1) is 24.6. The number of rotatable bonds is 9. The van der Waals surface area contributed by atoms with Crippen LogP contribution in [-0.2, 0) is 16.0 Å². The van der Waals surface area contributed by atoms with Gasteiger partial charge >= 0.3 is 5.97 Å². The van der Waals surface area contributed by atoms with Crippen molar-refractivity contribution in [3.05, 3.63) is 57.6 Å². The van der Waals surface area contributed by atoms with E-state index in [1.54, 1.807) is 32.5 Å². The molecule has 0 radical (unpaired) electrons. The summed E-state index contributed by atoms with van der Waals surface area (Å²) in [6.07, 6.45) is 0.835. The van der Waals surface area contributed by atoms with E-state index in [-0.39, 0.29) is 5.97 Å². The summed E-state index contributed by atoms with van der Waals surface area (Å²) in [6, 6.07) is 11.8. The van der Waals surface area contributed by atoms with Gasteiger partial charge in [0.05, 0.1) is 6.61 Å². The number of hydrogen-bond donors (Lipinski definition) is 0. The summed E-state index contributed by atoms with van der Waals surface area (Å²) in [5, 5.41) is 1.75. The van der Waals surface area contributed by atoms with Crippen molar-refractivity contribution in [2.75, 3.05) is 12.4 Å². The maximum atomic E-state index is 12.1. The largest absolute Gasteiger partial charge is 0.476 e. The van der Waals surface area contributed by atoms with E-state index in [4.69, 9.17) is 21.1 Å². The Bertz CT molecular complexity index is 1100. The van der Waals surface area contributed by atoms with Crippen molar-refractivity contribution in [1.29, 1.82) is 0 Å². The minimum Gasteiger partial charge on any atom is -0.476 e. The van der Waals surface area contributed by atoms with Crippen molar-refractivity contribution in [3.8, 4) is 17.1 Å². The highest BCUT2D eigenvalue weighted by Gasteiger charge is 2.32. The lowest BCUT2D eigenvalue weighted by Gasteiger charge is -2.25. The van der Waals surface area contributed by atoms with Crippen molar-refractivity contribution in [2.24, 2.45) is 0 Å². The van der Waals surface area contributed by atoms with Crippen LogP contribution in [-0.4, -0.2) is 33.3 Å². The Labute approximate surface area is 202 Å². The van der Waals surface area contributed by atoms with Gasteiger partial charge in [-0.2, -0.15) is 4.37 Å². The van der Waals surface area contributed by atoms with Gasteiger partial charge in [-0.3, -0.25) is 0 Å². The molecule has 0 N–H and O–H groups in total. The smallest absolute Gasteiger partial charge is 0.349 e. The Morgan fingerprint density at radius 2 is 1.94 bits per heavy atom. The molecule has 1 heterocycles. The normalized spacial score (nSPS) is 11.4. The highest BCUT2D eigenvalue weighted by Crippen LogP contribution is 2.30. The highest BCUT2D eigenvalue weighted by atomic mass is 35.5. The summed E-state index contributed by atoms with van der Waals surface area (Å²) >= 11 is 9.30. The predicted octanol–water partition coefficient (Wildman–Crippen LogP) is 6.53. The molecule has 0 saturated heterocycles. The lowest BCUT2D eigenvalue weighted by Crippen LogP contribution is -2.39. The standard InChI is InChI=1S/C24H27ClN2O3S2/c1-6-29-23(28)24(4,5)30-20-10-8-18(14-16(20)3)31-12-11-21-26-22(27-32-21)17-7-9-19(25)15(2)13-17/h7-10,13-14H,6,11-12H2,1-5H3. The maximum absolute atomic E-state index is 12.1. The van der Waals surface area contributed by atoms with Crippen molar-refractivity contribution in [3.63, 3.8) is 0 Å². The third kappa shape index (κ3) is 6.24. The van der Waals surface area contributed by atoms with Crippen LogP contribution in [0.5, 0.6) is 5.75 Å². The number of aryl methyl sites for hydroxylation is 3. The van der Waals surface area contributed by atoms with E-state index in [9.17, 15) is 4.79 Å². The second kappa shape index (κ2) is 10.7.